The number of ether oxygens (including phenoxy) is 2. The molecule has 1 saturated heterocycles. The second-order valence-corrected chi connectivity index (χ2v) is 6.84. The van der Waals surface area contributed by atoms with Crippen LogP contribution in [0.2, 0.25) is 0 Å². The summed E-state index contributed by atoms with van der Waals surface area (Å²) in [4.78, 5) is 2.64. The van der Waals surface area contributed by atoms with E-state index < -0.39 is 0 Å². The molecule has 1 N–H and O–H groups in total. The lowest BCUT2D eigenvalue weighted by molar-refractivity contribution is 0.0494. The maximum absolute atomic E-state index is 5.56. The number of piperazine rings is 1. The van der Waals surface area contributed by atoms with E-state index in [1.165, 1.54) is 6.42 Å². The van der Waals surface area contributed by atoms with E-state index in [1.807, 2.05) is 0 Å². The molecule has 1 rings (SSSR count). The minimum Gasteiger partial charge on any atom is -0.382 e. The highest BCUT2D eigenvalue weighted by molar-refractivity contribution is 4.91. The van der Waals surface area contributed by atoms with Gasteiger partial charge in [0.2, 0.25) is 0 Å². The first-order valence-electron chi connectivity index (χ1n) is 8.03. The number of hydrogen-bond donors (Lipinski definition) is 1. The fourth-order valence-corrected chi connectivity index (χ4v) is 2.73. The molecule has 0 aliphatic carbocycles. The summed E-state index contributed by atoms with van der Waals surface area (Å²) in [5.74, 6) is 0. The largest absolute Gasteiger partial charge is 0.382 e. The Morgan fingerprint density at radius 3 is 2.55 bits per heavy atom. The molecule has 4 nitrogen and oxygen atoms in total. The second-order valence-electron chi connectivity index (χ2n) is 6.84. The fraction of sp³-hybridized carbons (Fsp3) is 1.00. The molecule has 1 fully saturated rings. The van der Waals surface area contributed by atoms with Gasteiger partial charge in [0.15, 0.2) is 0 Å². The van der Waals surface area contributed by atoms with Gasteiger partial charge in [0, 0.05) is 45.4 Å². The maximum Gasteiger partial charge on any atom is 0.0700 e. The van der Waals surface area contributed by atoms with Gasteiger partial charge in [0.1, 0.15) is 0 Å². The molecule has 0 aromatic carbocycles. The van der Waals surface area contributed by atoms with Crippen LogP contribution in [0.1, 0.15) is 40.5 Å². The van der Waals surface area contributed by atoms with Crippen LogP contribution in [0.5, 0.6) is 0 Å². The smallest absolute Gasteiger partial charge is 0.0700 e. The number of nitrogens with one attached hydrogen (secondary N) is 1. The van der Waals surface area contributed by atoms with Crippen LogP contribution in [0.15, 0.2) is 0 Å². The Morgan fingerprint density at radius 2 is 1.95 bits per heavy atom. The third kappa shape index (κ3) is 6.08. The molecule has 120 valence electrons. The van der Waals surface area contributed by atoms with Gasteiger partial charge in [-0.1, -0.05) is 27.7 Å². The lowest BCUT2D eigenvalue weighted by Crippen LogP contribution is -2.60. The number of methoxy groups -OCH3 is 1. The number of hydrogen-bond acceptors (Lipinski definition) is 4. The zero-order valence-electron chi connectivity index (χ0n) is 14.1. The van der Waals surface area contributed by atoms with Crippen molar-refractivity contribution in [2.24, 2.45) is 5.41 Å². The van der Waals surface area contributed by atoms with Gasteiger partial charge in [-0.3, -0.25) is 4.90 Å². The first-order valence-corrected chi connectivity index (χ1v) is 8.03. The van der Waals surface area contributed by atoms with Crippen molar-refractivity contribution in [3.8, 4) is 0 Å². The van der Waals surface area contributed by atoms with E-state index in [4.69, 9.17) is 9.47 Å². The SMILES string of the molecule is CCC1CNC(C(C)(C)C)CN1CCCOCCOC. The molecular formula is C16H34N2O2. The van der Waals surface area contributed by atoms with Gasteiger partial charge in [-0.15, -0.1) is 0 Å². The summed E-state index contributed by atoms with van der Waals surface area (Å²) in [5.41, 5.74) is 0.325. The Balaban J connectivity index is 2.31. The van der Waals surface area contributed by atoms with E-state index in [1.54, 1.807) is 7.11 Å². The molecule has 0 saturated carbocycles. The molecule has 1 heterocycles. The number of rotatable bonds is 8. The van der Waals surface area contributed by atoms with Gasteiger partial charge >= 0.3 is 0 Å². The zero-order chi connectivity index (χ0) is 15.0. The summed E-state index contributed by atoms with van der Waals surface area (Å²) in [7, 11) is 1.71. The van der Waals surface area contributed by atoms with E-state index in [0.717, 1.165) is 32.7 Å². The lowest BCUT2D eigenvalue weighted by atomic mass is 9.84. The molecule has 0 aromatic heterocycles. The highest BCUT2D eigenvalue weighted by Crippen LogP contribution is 2.24. The molecule has 4 heteroatoms. The lowest BCUT2D eigenvalue weighted by Gasteiger charge is -2.45. The van der Waals surface area contributed by atoms with Gasteiger partial charge < -0.3 is 14.8 Å². The van der Waals surface area contributed by atoms with E-state index in [-0.39, 0.29) is 0 Å². The van der Waals surface area contributed by atoms with Crippen molar-refractivity contribution < 1.29 is 9.47 Å². The summed E-state index contributed by atoms with van der Waals surface area (Å²) in [6, 6.07) is 1.26. The van der Waals surface area contributed by atoms with Gasteiger partial charge in [-0.05, 0) is 18.3 Å². The molecule has 2 atom stereocenters. The quantitative estimate of drug-likeness (QED) is 0.693. The van der Waals surface area contributed by atoms with Crippen molar-refractivity contribution in [2.75, 3.05) is 46.6 Å². The minimum absolute atomic E-state index is 0.325. The van der Waals surface area contributed by atoms with Crippen LogP contribution in [0, 0.1) is 5.41 Å². The van der Waals surface area contributed by atoms with E-state index in [9.17, 15) is 0 Å². The molecule has 20 heavy (non-hydrogen) atoms. The van der Waals surface area contributed by atoms with Crippen LogP contribution in [0.25, 0.3) is 0 Å². The van der Waals surface area contributed by atoms with Crippen LogP contribution in [0.4, 0.5) is 0 Å². The molecule has 0 radical (unpaired) electrons. The normalized spacial score (nSPS) is 25.1. The standard InChI is InChI=1S/C16H34N2O2/c1-6-14-12-17-15(16(2,3)4)13-18(14)8-7-9-20-11-10-19-5/h14-15,17H,6-13H2,1-5H3. The van der Waals surface area contributed by atoms with E-state index in [0.29, 0.717) is 30.7 Å². The fourth-order valence-electron chi connectivity index (χ4n) is 2.73. The molecule has 0 bridgehead atoms. The van der Waals surface area contributed by atoms with Crippen molar-refractivity contribution in [3.63, 3.8) is 0 Å². The molecule has 0 spiro atoms. The van der Waals surface area contributed by atoms with Crippen LogP contribution >= 0.6 is 0 Å². The summed E-state index contributed by atoms with van der Waals surface area (Å²) in [5, 5.41) is 3.72. The summed E-state index contributed by atoms with van der Waals surface area (Å²) < 4.78 is 10.5. The van der Waals surface area contributed by atoms with Crippen molar-refractivity contribution in [1.82, 2.24) is 10.2 Å². The Kier molecular flexibility index (Phi) is 8.03. The Morgan fingerprint density at radius 1 is 1.20 bits per heavy atom. The first kappa shape index (κ1) is 17.9. The average molecular weight is 286 g/mol. The van der Waals surface area contributed by atoms with Crippen LogP contribution in [-0.2, 0) is 9.47 Å². The Hall–Kier alpha value is -0.160. The van der Waals surface area contributed by atoms with Crippen molar-refractivity contribution >= 4 is 0 Å². The first-order chi connectivity index (χ1) is 9.49. The molecule has 1 aliphatic rings. The Bertz CT molecular complexity index is 253. The number of nitrogens with zero attached hydrogens (tertiary/aromatic N) is 1. The zero-order valence-corrected chi connectivity index (χ0v) is 14.1. The molecule has 0 aromatic rings. The van der Waals surface area contributed by atoms with Gasteiger partial charge in [-0.25, -0.2) is 0 Å². The van der Waals surface area contributed by atoms with Crippen LogP contribution < -0.4 is 5.32 Å². The second kappa shape index (κ2) is 8.98. The molecule has 0 amide bonds. The third-order valence-corrected chi connectivity index (χ3v) is 4.22. The molecular weight excluding hydrogens is 252 g/mol. The predicted octanol–water partition coefficient (Wildman–Crippen LogP) is 2.14. The third-order valence-electron chi connectivity index (χ3n) is 4.22. The van der Waals surface area contributed by atoms with Gasteiger partial charge in [0.25, 0.3) is 0 Å². The summed E-state index contributed by atoms with van der Waals surface area (Å²) in [6.45, 7) is 14.9. The molecule has 2 unspecified atom stereocenters. The van der Waals surface area contributed by atoms with Crippen molar-refractivity contribution in [1.29, 1.82) is 0 Å². The van der Waals surface area contributed by atoms with Gasteiger partial charge in [-0.2, -0.15) is 0 Å². The van der Waals surface area contributed by atoms with Crippen LogP contribution in [-0.4, -0.2) is 63.5 Å². The monoisotopic (exact) mass is 286 g/mol. The molecule has 1 aliphatic heterocycles. The summed E-state index contributed by atoms with van der Waals surface area (Å²) >= 11 is 0. The highest BCUT2D eigenvalue weighted by atomic mass is 16.5. The predicted molar refractivity (Wildman–Crippen MR) is 84.2 cm³/mol. The van der Waals surface area contributed by atoms with E-state index >= 15 is 0 Å². The maximum atomic E-state index is 5.56. The van der Waals surface area contributed by atoms with Crippen molar-refractivity contribution in [2.45, 2.75) is 52.6 Å². The van der Waals surface area contributed by atoms with E-state index in [2.05, 4.69) is 37.9 Å². The van der Waals surface area contributed by atoms with Crippen molar-refractivity contribution in [3.05, 3.63) is 0 Å². The average Bonchev–Trinajstić information content (AvgIpc) is 2.41. The highest BCUT2D eigenvalue weighted by Gasteiger charge is 2.32. The minimum atomic E-state index is 0.325. The topological polar surface area (TPSA) is 33.7 Å². The summed E-state index contributed by atoms with van der Waals surface area (Å²) in [6.07, 6.45) is 2.32. The van der Waals surface area contributed by atoms with Crippen LogP contribution in [0.3, 0.4) is 0 Å². The van der Waals surface area contributed by atoms with Gasteiger partial charge in [0.05, 0.1) is 13.2 Å². The Labute approximate surface area is 125 Å².